The molecule has 0 spiro atoms. The van der Waals surface area contributed by atoms with Gasteiger partial charge in [0.15, 0.2) is 0 Å². The van der Waals surface area contributed by atoms with Crippen LogP contribution in [0.3, 0.4) is 0 Å². The minimum atomic E-state index is 0.742. The summed E-state index contributed by atoms with van der Waals surface area (Å²) in [4.78, 5) is 0. The molecule has 0 saturated carbocycles. The van der Waals surface area contributed by atoms with Gasteiger partial charge in [0.1, 0.15) is 0 Å². The summed E-state index contributed by atoms with van der Waals surface area (Å²) in [6.07, 6.45) is 6.21. The largest absolute Gasteiger partial charge is 0.330 e. The zero-order valence-corrected chi connectivity index (χ0v) is 12.7. The van der Waals surface area contributed by atoms with E-state index in [0.717, 1.165) is 18.9 Å². The van der Waals surface area contributed by atoms with E-state index in [1.165, 1.54) is 36.8 Å². The molecule has 0 radical (unpaired) electrons. The first-order valence-electron chi connectivity index (χ1n) is 7.54. The molecule has 0 fully saturated rings. The summed E-state index contributed by atoms with van der Waals surface area (Å²) in [6, 6.07) is 8.95. The second kappa shape index (κ2) is 11.3. The Bertz CT molecular complexity index is 276. The van der Waals surface area contributed by atoms with Crippen molar-refractivity contribution in [3.63, 3.8) is 0 Å². The van der Waals surface area contributed by atoms with Crippen LogP contribution in [0, 0.1) is 5.92 Å². The van der Waals surface area contributed by atoms with Crippen LogP contribution < -0.4 is 5.73 Å². The summed E-state index contributed by atoms with van der Waals surface area (Å²) in [5, 5.41) is 0. The van der Waals surface area contributed by atoms with Gasteiger partial charge in [-0.05, 0) is 36.4 Å². The third kappa shape index (κ3) is 7.50. The topological polar surface area (TPSA) is 26.0 Å². The molecule has 1 atom stereocenters. The van der Waals surface area contributed by atoms with Gasteiger partial charge in [-0.15, -0.1) is 0 Å². The van der Waals surface area contributed by atoms with Crippen molar-refractivity contribution in [1.82, 2.24) is 0 Å². The molecule has 0 aromatic heterocycles. The lowest BCUT2D eigenvalue weighted by Gasteiger charge is -2.11. The Morgan fingerprint density at radius 2 is 1.61 bits per heavy atom. The minimum absolute atomic E-state index is 0.742. The monoisotopic (exact) mass is 249 g/mol. The number of rotatable bonds is 7. The third-order valence-electron chi connectivity index (χ3n) is 3.09. The van der Waals surface area contributed by atoms with Gasteiger partial charge in [-0.3, -0.25) is 0 Å². The van der Waals surface area contributed by atoms with Crippen molar-refractivity contribution >= 4 is 0 Å². The molecule has 1 rings (SSSR count). The van der Waals surface area contributed by atoms with Crippen molar-refractivity contribution in [3.8, 4) is 0 Å². The first-order chi connectivity index (χ1) is 8.76. The highest BCUT2D eigenvalue weighted by molar-refractivity contribution is 5.23. The van der Waals surface area contributed by atoms with E-state index >= 15 is 0 Å². The maximum absolute atomic E-state index is 5.53. The molecule has 0 heterocycles. The second-order valence-corrected chi connectivity index (χ2v) is 4.81. The third-order valence-corrected chi connectivity index (χ3v) is 3.09. The van der Waals surface area contributed by atoms with Gasteiger partial charge >= 0.3 is 0 Å². The fourth-order valence-electron chi connectivity index (χ4n) is 2.07. The fourth-order valence-corrected chi connectivity index (χ4v) is 2.07. The molecular formula is C17H31N. The maximum Gasteiger partial charge on any atom is -0.00367 e. The molecule has 1 heteroatoms. The van der Waals surface area contributed by atoms with Crippen molar-refractivity contribution < 1.29 is 0 Å². The lowest BCUT2D eigenvalue weighted by Crippen LogP contribution is -2.03. The van der Waals surface area contributed by atoms with Gasteiger partial charge < -0.3 is 5.73 Å². The van der Waals surface area contributed by atoms with E-state index in [1.54, 1.807) is 0 Å². The van der Waals surface area contributed by atoms with Crippen LogP contribution in [0.15, 0.2) is 24.3 Å². The van der Waals surface area contributed by atoms with Crippen LogP contribution in [-0.2, 0) is 12.8 Å². The zero-order valence-electron chi connectivity index (χ0n) is 12.7. The zero-order chi connectivity index (χ0) is 13.8. The first-order valence-corrected chi connectivity index (χ1v) is 7.54. The summed E-state index contributed by atoms with van der Waals surface area (Å²) in [7, 11) is 0. The molecule has 0 bridgehead atoms. The fraction of sp³-hybridized carbons (Fsp3) is 0.647. The van der Waals surface area contributed by atoms with Gasteiger partial charge in [0, 0.05) is 0 Å². The highest BCUT2D eigenvalue weighted by Gasteiger charge is 2.03. The molecule has 0 amide bonds. The quantitative estimate of drug-likeness (QED) is 0.752. The maximum atomic E-state index is 5.53. The summed E-state index contributed by atoms with van der Waals surface area (Å²) in [6.45, 7) is 9.35. The van der Waals surface area contributed by atoms with Crippen molar-refractivity contribution in [3.05, 3.63) is 35.4 Å². The van der Waals surface area contributed by atoms with Gasteiger partial charge in [0.05, 0.1) is 0 Å². The molecule has 0 aliphatic heterocycles. The van der Waals surface area contributed by atoms with Crippen molar-refractivity contribution in [1.29, 1.82) is 0 Å². The van der Waals surface area contributed by atoms with E-state index in [9.17, 15) is 0 Å². The highest BCUT2D eigenvalue weighted by atomic mass is 14.5. The molecule has 0 aliphatic carbocycles. The molecule has 1 nitrogen and oxygen atoms in total. The summed E-state index contributed by atoms with van der Waals surface area (Å²) in [5.41, 5.74) is 8.35. The van der Waals surface area contributed by atoms with Crippen LogP contribution in [0.25, 0.3) is 0 Å². The predicted octanol–water partition coefficient (Wildman–Crippen LogP) is 4.58. The molecule has 104 valence electrons. The predicted molar refractivity (Wildman–Crippen MR) is 82.9 cm³/mol. The van der Waals surface area contributed by atoms with E-state index in [2.05, 4.69) is 38.1 Å². The SMILES string of the molecule is CC.CCCCC(C)Cc1ccc(CCN)cc1. The van der Waals surface area contributed by atoms with E-state index in [-0.39, 0.29) is 0 Å². The lowest BCUT2D eigenvalue weighted by molar-refractivity contribution is 0.503. The molecule has 0 aliphatic rings. The van der Waals surface area contributed by atoms with Crippen molar-refractivity contribution in [2.45, 2.75) is 59.8 Å². The van der Waals surface area contributed by atoms with Crippen molar-refractivity contribution in [2.24, 2.45) is 11.7 Å². The van der Waals surface area contributed by atoms with Crippen LogP contribution in [0.4, 0.5) is 0 Å². The van der Waals surface area contributed by atoms with Crippen LogP contribution in [-0.4, -0.2) is 6.54 Å². The van der Waals surface area contributed by atoms with Gasteiger partial charge in [0.25, 0.3) is 0 Å². The molecule has 18 heavy (non-hydrogen) atoms. The van der Waals surface area contributed by atoms with Gasteiger partial charge in [0.2, 0.25) is 0 Å². The number of hydrogen-bond acceptors (Lipinski definition) is 1. The Kier molecular flexibility index (Phi) is 10.8. The molecular weight excluding hydrogens is 218 g/mol. The Morgan fingerprint density at radius 1 is 1.06 bits per heavy atom. The Hall–Kier alpha value is -0.820. The van der Waals surface area contributed by atoms with Gasteiger partial charge in [-0.25, -0.2) is 0 Å². The van der Waals surface area contributed by atoms with Crippen LogP contribution in [0.5, 0.6) is 0 Å². The van der Waals surface area contributed by atoms with Gasteiger partial charge in [-0.1, -0.05) is 71.2 Å². The Labute approximate surface area is 114 Å². The van der Waals surface area contributed by atoms with Gasteiger partial charge in [-0.2, -0.15) is 0 Å². The number of nitrogens with two attached hydrogens (primary N) is 1. The lowest BCUT2D eigenvalue weighted by atomic mass is 9.95. The van der Waals surface area contributed by atoms with Crippen LogP contribution in [0.1, 0.15) is 58.1 Å². The van der Waals surface area contributed by atoms with E-state index in [4.69, 9.17) is 5.73 Å². The molecule has 1 aromatic rings. The molecule has 0 saturated heterocycles. The van der Waals surface area contributed by atoms with E-state index in [1.807, 2.05) is 13.8 Å². The summed E-state index contributed by atoms with van der Waals surface area (Å²) < 4.78 is 0. The standard InChI is InChI=1S/C15H25N.C2H6/c1-3-4-5-13(2)12-15-8-6-14(7-9-15)10-11-16;1-2/h6-9,13H,3-5,10-12,16H2,1-2H3;1-2H3. The average Bonchev–Trinajstić information content (AvgIpc) is 2.41. The summed E-state index contributed by atoms with van der Waals surface area (Å²) in [5.74, 6) is 0.806. The molecule has 1 aromatic carbocycles. The summed E-state index contributed by atoms with van der Waals surface area (Å²) >= 11 is 0. The molecule has 2 N–H and O–H groups in total. The smallest absolute Gasteiger partial charge is 0.00367 e. The second-order valence-electron chi connectivity index (χ2n) is 4.81. The van der Waals surface area contributed by atoms with Crippen LogP contribution >= 0.6 is 0 Å². The van der Waals surface area contributed by atoms with E-state index in [0.29, 0.717) is 0 Å². The number of unbranched alkanes of at least 4 members (excludes halogenated alkanes) is 1. The first kappa shape index (κ1) is 17.2. The Balaban J connectivity index is 0.00000137. The number of hydrogen-bond donors (Lipinski definition) is 1. The molecule has 1 unspecified atom stereocenters. The Morgan fingerprint density at radius 3 is 2.11 bits per heavy atom. The number of benzene rings is 1. The normalized spacial score (nSPS) is 11.6. The average molecular weight is 249 g/mol. The van der Waals surface area contributed by atoms with E-state index < -0.39 is 0 Å². The minimum Gasteiger partial charge on any atom is -0.330 e. The van der Waals surface area contributed by atoms with Crippen LogP contribution in [0.2, 0.25) is 0 Å². The van der Waals surface area contributed by atoms with Crippen molar-refractivity contribution in [2.75, 3.05) is 6.54 Å². The highest BCUT2D eigenvalue weighted by Crippen LogP contribution is 2.15.